The Balaban J connectivity index is 1.62. The second-order valence-corrected chi connectivity index (χ2v) is 7.38. The molecule has 1 aliphatic heterocycles. The molecule has 0 saturated carbocycles. The highest BCUT2D eigenvalue weighted by molar-refractivity contribution is 7.12. The smallest absolute Gasteiger partial charge is 0.269 e. The maximum absolute atomic E-state index is 13.1. The van der Waals surface area contributed by atoms with Crippen LogP contribution in [0.4, 0.5) is 21.5 Å². The SMILES string of the molecule is O=C(CC1C(=O)Nc2ccccc2N1C(=O)c1cccs1)Nc1ccc(F)cc1. The fourth-order valence-electron chi connectivity index (χ4n) is 3.17. The second-order valence-electron chi connectivity index (χ2n) is 6.43. The van der Waals surface area contributed by atoms with Crippen molar-refractivity contribution >= 4 is 46.1 Å². The lowest BCUT2D eigenvalue weighted by Gasteiger charge is -2.35. The van der Waals surface area contributed by atoms with E-state index in [1.165, 1.54) is 40.5 Å². The number of para-hydroxylation sites is 2. The van der Waals surface area contributed by atoms with Crippen molar-refractivity contribution in [3.05, 3.63) is 76.7 Å². The van der Waals surface area contributed by atoms with Gasteiger partial charge in [0, 0.05) is 5.69 Å². The minimum atomic E-state index is -1.01. The highest BCUT2D eigenvalue weighted by atomic mass is 32.1. The molecule has 0 radical (unpaired) electrons. The monoisotopic (exact) mass is 409 g/mol. The molecule has 0 saturated heterocycles. The third kappa shape index (κ3) is 3.88. The normalized spacial score (nSPS) is 15.4. The molecule has 0 bridgehead atoms. The predicted octanol–water partition coefficient (Wildman–Crippen LogP) is 3.88. The summed E-state index contributed by atoms with van der Waals surface area (Å²) in [5, 5.41) is 7.17. The van der Waals surface area contributed by atoms with Gasteiger partial charge >= 0.3 is 0 Å². The molecule has 2 aromatic carbocycles. The standard InChI is InChI=1S/C21H16FN3O3S/c22-13-7-9-14(10-8-13)23-19(26)12-17-20(27)24-15-4-1-2-5-16(15)25(17)21(28)18-6-3-11-29-18/h1-11,17H,12H2,(H,23,26)(H,24,27). The van der Waals surface area contributed by atoms with Crippen molar-refractivity contribution in [3.63, 3.8) is 0 Å². The van der Waals surface area contributed by atoms with E-state index in [4.69, 9.17) is 0 Å². The van der Waals surface area contributed by atoms with Gasteiger partial charge in [-0.3, -0.25) is 19.3 Å². The molecular weight excluding hydrogens is 393 g/mol. The number of rotatable bonds is 4. The van der Waals surface area contributed by atoms with Crippen molar-refractivity contribution < 1.29 is 18.8 Å². The van der Waals surface area contributed by atoms with Gasteiger partial charge in [0.1, 0.15) is 11.9 Å². The molecule has 146 valence electrons. The largest absolute Gasteiger partial charge is 0.326 e. The molecule has 2 N–H and O–H groups in total. The van der Waals surface area contributed by atoms with Crippen LogP contribution in [0.15, 0.2) is 66.0 Å². The van der Waals surface area contributed by atoms with Gasteiger partial charge in [0.25, 0.3) is 5.91 Å². The van der Waals surface area contributed by atoms with Crippen LogP contribution in [-0.2, 0) is 9.59 Å². The molecule has 8 heteroatoms. The molecule has 1 aromatic heterocycles. The van der Waals surface area contributed by atoms with Crippen LogP contribution in [0, 0.1) is 5.82 Å². The molecule has 1 aliphatic rings. The van der Waals surface area contributed by atoms with Gasteiger partial charge in [-0.2, -0.15) is 0 Å². The Morgan fingerprint density at radius 1 is 1.07 bits per heavy atom. The van der Waals surface area contributed by atoms with Crippen LogP contribution >= 0.6 is 11.3 Å². The summed E-state index contributed by atoms with van der Waals surface area (Å²) < 4.78 is 13.1. The predicted molar refractivity (Wildman–Crippen MR) is 110 cm³/mol. The Morgan fingerprint density at radius 2 is 1.83 bits per heavy atom. The summed E-state index contributed by atoms with van der Waals surface area (Å²) in [6.45, 7) is 0. The van der Waals surface area contributed by atoms with E-state index in [0.29, 0.717) is 21.9 Å². The lowest BCUT2D eigenvalue weighted by Crippen LogP contribution is -2.52. The summed E-state index contributed by atoms with van der Waals surface area (Å²) in [5.41, 5.74) is 1.45. The quantitative estimate of drug-likeness (QED) is 0.686. The highest BCUT2D eigenvalue weighted by Gasteiger charge is 2.38. The Hall–Kier alpha value is -3.52. The van der Waals surface area contributed by atoms with E-state index in [-0.39, 0.29) is 12.3 Å². The van der Waals surface area contributed by atoms with Crippen LogP contribution in [0.3, 0.4) is 0 Å². The zero-order chi connectivity index (χ0) is 20.4. The Morgan fingerprint density at radius 3 is 2.55 bits per heavy atom. The van der Waals surface area contributed by atoms with Crippen LogP contribution in [-0.4, -0.2) is 23.8 Å². The lowest BCUT2D eigenvalue weighted by molar-refractivity contribution is -0.122. The zero-order valence-corrected chi connectivity index (χ0v) is 15.9. The maximum Gasteiger partial charge on any atom is 0.269 e. The molecule has 1 atom stereocenters. The first-order valence-corrected chi connectivity index (χ1v) is 9.73. The molecule has 3 amide bonds. The van der Waals surface area contributed by atoms with E-state index in [9.17, 15) is 18.8 Å². The minimum absolute atomic E-state index is 0.241. The van der Waals surface area contributed by atoms with Gasteiger partial charge in [-0.05, 0) is 47.8 Å². The number of hydrogen-bond donors (Lipinski definition) is 2. The molecule has 0 spiro atoms. The molecule has 3 aromatic rings. The van der Waals surface area contributed by atoms with Crippen LogP contribution in [0.5, 0.6) is 0 Å². The number of nitrogens with zero attached hydrogens (tertiary/aromatic N) is 1. The fraction of sp³-hybridized carbons (Fsp3) is 0.0952. The molecule has 1 unspecified atom stereocenters. The van der Waals surface area contributed by atoms with Gasteiger partial charge in [0.2, 0.25) is 11.8 Å². The van der Waals surface area contributed by atoms with Crippen molar-refractivity contribution in [3.8, 4) is 0 Å². The maximum atomic E-state index is 13.1. The van der Waals surface area contributed by atoms with E-state index in [1.807, 2.05) is 0 Å². The first-order chi connectivity index (χ1) is 14.0. The molecular formula is C21H16FN3O3S. The van der Waals surface area contributed by atoms with Crippen LogP contribution < -0.4 is 15.5 Å². The van der Waals surface area contributed by atoms with E-state index in [0.717, 1.165) is 0 Å². The first kappa shape index (κ1) is 18.8. The van der Waals surface area contributed by atoms with Gasteiger partial charge in [0.05, 0.1) is 22.7 Å². The number of carbonyl (C=O) groups is 3. The van der Waals surface area contributed by atoms with Crippen molar-refractivity contribution in [1.82, 2.24) is 0 Å². The summed E-state index contributed by atoms with van der Waals surface area (Å²) in [6.07, 6.45) is -0.241. The summed E-state index contributed by atoms with van der Waals surface area (Å²) in [5.74, 6) is -1.66. The number of carbonyl (C=O) groups excluding carboxylic acids is 3. The molecule has 0 aliphatic carbocycles. The summed E-state index contributed by atoms with van der Waals surface area (Å²) >= 11 is 1.27. The van der Waals surface area contributed by atoms with Crippen molar-refractivity contribution in [2.24, 2.45) is 0 Å². The Kier molecular flexibility index (Phi) is 5.09. The fourth-order valence-corrected chi connectivity index (χ4v) is 3.83. The van der Waals surface area contributed by atoms with E-state index < -0.39 is 23.7 Å². The summed E-state index contributed by atoms with van der Waals surface area (Å²) in [6, 6.07) is 14.7. The van der Waals surface area contributed by atoms with E-state index in [1.54, 1.807) is 41.8 Å². The Bertz CT molecular complexity index is 1070. The Labute approximate surface area is 170 Å². The van der Waals surface area contributed by atoms with Crippen molar-refractivity contribution in [2.45, 2.75) is 12.5 Å². The van der Waals surface area contributed by atoms with Crippen LogP contribution in [0.25, 0.3) is 0 Å². The number of nitrogens with one attached hydrogen (secondary N) is 2. The van der Waals surface area contributed by atoms with Gasteiger partial charge in [-0.25, -0.2) is 4.39 Å². The van der Waals surface area contributed by atoms with Gasteiger partial charge < -0.3 is 10.6 Å². The van der Waals surface area contributed by atoms with Gasteiger partial charge in [0.15, 0.2) is 0 Å². The molecule has 6 nitrogen and oxygen atoms in total. The molecule has 4 rings (SSSR count). The summed E-state index contributed by atoms with van der Waals surface area (Å²) in [4.78, 5) is 40.3. The van der Waals surface area contributed by atoms with Gasteiger partial charge in [-0.15, -0.1) is 11.3 Å². The van der Waals surface area contributed by atoms with Crippen molar-refractivity contribution in [2.75, 3.05) is 15.5 Å². The summed E-state index contributed by atoms with van der Waals surface area (Å²) in [7, 11) is 0. The number of anilines is 3. The number of thiophene rings is 1. The number of fused-ring (bicyclic) bond motifs is 1. The number of amides is 3. The second kappa shape index (κ2) is 7.84. The third-order valence-corrected chi connectivity index (χ3v) is 5.35. The number of hydrogen-bond acceptors (Lipinski definition) is 4. The molecule has 29 heavy (non-hydrogen) atoms. The topological polar surface area (TPSA) is 78.5 Å². The van der Waals surface area contributed by atoms with Crippen LogP contribution in [0.2, 0.25) is 0 Å². The van der Waals surface area contributed by atoms with E-state index in [2.05, 4.69) is 10.6 Å². The number of benzene rings is 2. The van der Waals surface area contributed by atoms with Crippen LogP contribution in [0.1, 0.15) is 16.1 Å². The highest BCUT2D eigenvalue weighted by Crippen LogP contribution is 2.34. The lowest BCUT2D eigenvalue weighted by atomic mass is 10.0. The zero-order valence-electron chi connectivity index (χ0n) is 15.1. The first-order valence-electron chi connectivity index (χ1n) is 8.85. The number of halogens is 1. The molecule has 0 fully saturated rings. The minimum Gasteiger partial charge on any atom is -0.326 e. The average Bonchev–Trinajstić information content (AvgIpc) is 3.25. The third-order valence-electron chi connectivity index (χ3n) is 4.49. The van der Waals surface area contributed by atoms with Crippen molar-refractivity contribution in [1.29, 1.82) is 0 Å². The van der Waals surface area contributed by atoms with E-state index >= 15 is 0 Å². The molecule has 2 heterocycles. The van der Waals surface area contributed by atoms with Gasteiger partial charge in [-0.1, -0.05) is 18.2 Å². The average molecular weight is 409 g/mol.